The Hall–Kier alpha value is -2.12. The molecule has 0 saturated carbocycles. The van der Waals surface area contributed by atoms with Gasteiger partial charge in [-0.05, 0) is 37.5 Å². The van der Waals surface area contributed by atoms with Crippen molar-refractivity contribution in [1.82, 2.24) is 10.2 Å². The lowest BCUT2D eigenvalue weighted by Gasteiger charge is -2.32. The van der Waals surface area contributed by atoms with Crippen LogP contribution in [0, 0.1) is 0 Å². The fraction of sp³-hybridized carbons (Fsp3) is 0.526. The molecule has 2 saturated heterocycles. The molecule has 0 aromatic heterocycles. The highest BCUT2D eigenvalue weighted by atomic mass is 35.5. The number of amides is 4. The number of benzene rings is 1. The van der Waals surface area contributed by atoms with E-state index in [4.69, 9.17) is 16.3 Å². The zero-order valence-electron chi connectivity index (χ0n) is 15.4. The second-order valence-electron chi connectivity index (χ2n) is 6.78. The van der Waals surface area contributed by atoms with Gasteiger partial charge < -0.3 is 9.64 Å². The second kappa shape index (κ2) is 8.71. The fourth-order valence-electron chi connectivity index (χ4n) is 3.34. The van der Waals surface area contributed by atoms with Gasteiger partial charge in [-0.2, -0.15) is 0 Å². The van der Waals surface area contributed by atoms with Gasteiger partial charge in [-0.3, -0.25) is 19.8 Å². The number of hydrogen-bond donors (Lipinski definition) is 1. The average molecular weight is 394 g/mol. The van der Waals surface area contributed by atoms with Crippen LogP contribution in [-0.4, -0.2) is 55.1 Å². The number of nitrogens with zero attached hydrogens (tertiary/aromatic N) is 2. The van der Waals surface area contributed by atoms with E-state index in [2.05, 4.69) is 12.2 Å². The van der Waals surface area contributed by atoms with Crippen molar-refractivity contribution >= 4 is 35.1 Å². The molecule has 2 aliphatic heterocycles. The Morgan fingerprint density at radius 2 is 2.00 bits per heavy atom. The number of rotatable bonds is 5. The Morgan fingerprint density at radius 3 is 2.67 bits per heavy atom. The summed E-state index contributed by atoms with van der Waals surface area (Å²) in [4.78, 5) is 39.5. The van der Waals surface area contributed by atoms with Crippen molar-refractivity contribution < 1.29 is 19.1 Å². The zero-order chi connectivity index (χ0) is 19.4. The summed E-state index contributed by atoms with van der Waals surface area (Å²) in [6.07, 6.45) is 3.05. The van der Waals surface area contributed by atoms with Gasteiger partial charge in [0, 0.05) is 38.2 Å². The highest BCUT2D eigenvalue weighted by Gasteiger charge is 2.28. The molecule has 2 fully saturated rings. The van der Waals surface area contributed by atoms with E-state index in [-0.39, 0.29) is 30.9 Å². The van der Waals surface area contributed by atoms with Crippen LogP contribution in [0.4, 0.5) is 10.5 Å². The Kier molecular flexibility index (Phi) is 6.34. The van der Waals surface area contributed by atoms with Crippen molar-refractivity contribution in [2.24, 2.45) is 0 Å². The molecule has 8 heteroatoms. The SMILES string of the molecule is CCCOC1CCN(C(=O)c2ccc(Cl)c(N3CCC(=O)NC3=O)c2)CC1. The van der Waals surface area contributed by atoms with E-state index in [0.29, 0.717) is 29.4 Å². The number of piperidine rings is 1. The zero-order valence-corrected chi connectivity index (χ0v) is 16.1. The first-order valence-electron chi connectivity index (χ1n) is 9.31. The summed E-state index contributed by atoms with van der Waals surface area (Å²) >= 11 is 6.24. The first-order chi connectivity index (χ1) is 13.0. The van der Waals surface area contributed by atoms with Crippen LogP contribution in [-0.2, 0) is 9.53 Å². The number of carbonyl (C=O) groups excluding carboxylic acids is 3. The van der Waals surface area contributed by atoms with Gasteiger partial charge in [0.1, 0.15) is 0 Å². The molecule has 27 heavy (non-hydrogen) atoms. The Balaban J connectivity index is 1.69. The van der Waals surface area contributed by atoms with Crippen LogP contribution < -0.4 is 10.2 Å². The van der Waals surface area contributed by atoms with E-state index in [9.17, 15) is 14.4 Å². The third-order valence-corrected chi connectivity index (χ3v) is 5.14. The molecule has 2 heterocycles. The van der Waals surface area contributed by atoms with Crippen LogP contribution in [0.2, 0.25) is 5.02 Å². The molecule has 4 amide bonds. The van der Waals surface area contributed by atoms with Crippen LogP contribution in [0.1, 0.15) is 43.0 Å². The number of nitrogens with one attached hydrogen (secondary N) is 1. The lowest BCUT2D eigenvalue weighted by molar-refractivity contribution is -0.120. The van der Waals surface area contributed by atoms with E-state index in [1.54, 1.807) is 23.1 Å². The number of carbonyl (C=O) groups is 3. The molecule has 7 nitrogen and oxygen atoms in total. The molecular weight excluding hydrogens is 370 g/mol. The Labute approximate surface area is 163 Å². The lowest BCUT2D eigenvalue weighted by Crippen LogP contribution is -2.49. The molecular formula is C19H24ClN3O4. The summed E-state index contributed by atoms with van der Waals surface area (Å²) in [6, 6.07) is 4.39. The minimum absolute atomic E-state index is 0.0876. The average Bonchev–Trinajstić information content (AvgIpc) is 2.67. The van der Waals surface area contributed by atoms with Crippen LogP contribution in [0.15, 0.2) is 18.2 Å². The number of halogens is 1. The number of anilines is 1. The van der Waals surface area contributed by atoms with Crippen LogP contribution >= 0.6 is 11.6 Å². The van der Waals surface area contributed by atoms with E-state index < -0.39 is 6.03 Å². The number of imide groups is 1. The summed E-state index contributed by atoms with van der Waals surface area (Å²) in [6.45, 7) is 4.35. The topological polar surface area (TPSA) is 79.0 Å². The Bertz CT molecular complexity index is 732. The monoisotopic (exact) mass is 393 g/mol. The highest BCUT2D eigenvalue weighted by molar-refractivity contribution is 6.34. The standard InChI is InChI=1S/C19H24ClN3O4/c1-2-11-27-14-5-8-22(9-6-14)18(25)13-3-4-15(20)16(12-13)23-10-7-17(24)21-19(23)26/h3-4,12,14H,2,5-11H2,1H3,(H,21,24,26). The predicted molar refractivity (Wildman–Crippen MR) is 102 cm³/mol. The van der Waals surface area contributed by atoms with Crippen LogP contribution in [0.25, 0.3) is 0 Å². The van der Waals surface area contributed by atoms with Gasteiger partial charge in [-0.25, -0.2) is 4.79 Å². The molecule has 3 rings (SSSR count). The maximum absolute atomic E-state index is 12.9. The van der Waals surface area contributed by atoms with E-state index in [1.165, 1.54) is 4.90 Å². The molecule has 0 aliphatic carbocycles. The van der Waals surface area contributed by atoms with Crippen LogP contribution in [0.3, 0.4) is 0 Å². The van der Waals surface area contributed by atoms with Gasteiger partial charge in [0.15, 0.2) is 0 Å². The number of hydrogen-bond acceptors (Lipinski definition) is 4. The quantitative estimate of drug-likeness (QED) is 0.834. The maximum atomic E-state index is 12.9. The minimum Gasteiger partial charge on any atom is -0.378 e. The van der Waals surface area contributed by atoms with E-state index in [1.807, 2.05) is 0 Å². The number of urea groups is 1. The third-order valence-electron chi connectivity index (χ3n) is 4.82. The molecule has 0 spiro atoms. The van der Waals surface area contributed by atoms with Crippen molar-refractivity contribution in [2.45, 2.75) is 38.7 Å². The van der Waals surface area contributed by atoms with E-state index in [0.717, 1.165) is 25.9 Å². The summed E-state index contributed by atoms with van der Waals surface area (Å²) in [7, 11) is 0. The molecule has 0 unspecified atom stereocenters. The van der Waals surface area contributed by atoms with Gasteiger partial charge in [0.25, 0.3) is 5.91 Å². The van der Waals surface area contributed by atoms with Crippen LogP contribution in [0.5, 0.6) is 0 Å². The molecule has 0 radical (unpaired) electrons. The van der Waals surface area contributed by atoms with Crippen molar-refractivity contribution in [3.8, 4) is 0 Å². The summed E-state index contributed by atoms with van der Waals surface area (Å²) in [5, 5.41) is 2.63. The predicted octanol–water partition coefficient (Wildman–Crippen LogP) is 2.82. The first-order valence-corrected chi connectivity index (χ1v) is 9.69. The molecule has 146 valence electrons. The van der Waals surface area contributed by atoms with Gasteiger partial charge in [0.2, 0.25) is 5.91 Å². The molecule has 0 bridgehead atoms. The smallest absolute Gasteiger partial charge is 0.328 e. The first kappa shape index (κ1) is 19.6. The molecule has 1 aromatic carbocycles. The summed E-state index contributed by atoms with van der Waals surface area (Å²) in [5.41, 5.74) is 0.917. The maximum Gasteiger partial charge on any atom is 0.328 e. The minimum atomic E-state index is -0.522. The molecule has 2 aliphatic rings. The van der Waals surface area contributed by atoms with Gasteiger partial charge >= 0.3 is 6.03 Å². The lowest BCUT2D eigenvalue weighted by atomic mass is 10.1. The molecule has 0 atom stereocenters. The van der Waals surface area contributed by atoms with Crippen molar-refractivity contribution in [1.29, 1.82) is 0 Å². The van der Waals surface area contributed by atoms with Gasteiger partial charge in [-0.15, -0.1) is 0 Å². The normalized spacial score (nSPS) is 18.6. The van der Waals surface area contributed by atoms with Crippen molar-refractivity contribution in [3.63, 3.8) is 0 Å². The van der Waals surface area contributed by atoms with Gasteiger partial charge in [-0.1, -0.05) is 18.5 Å². The van der Waals surface area contributed by atoms with E-state index >= 15 is 0 Å². The third kappa shape index (κ3) is 4.59. The Morgan fingerprint density at radius 1 is 1.26 bits per heavy atom. The summed E-state index contributed by atoms with van der Waals surface area (Å²) < 4.78 is 5.77. The second-order valence-corrected chi connectivity index (χ2v) is 7.19. The number of likely N-dealkylation sites (tertiary alicyclic amines) is 1. The highest BCUT2D eigenvalue weighted by Crippen LogP contribution is 2.29. The van der Waals surface area contributed by atoms with Crippen molar-refractivity contribution in [3.05, 3.63) is 28.8 Å². The largest absolute Gasteiger partial charge is 0.378 e. The van der Waals surface area contributed by atoms with Gasteiger partial charge in [0.05, 0.1) is 16.8 Å². The van der Waals surface area contributed by atoms with Crippen molar-refractivity contribution in [2.75, 3.05) is 31.1 Å². The molecule has 1 aromatic rings. The fourth-order valence-corrected chi connectivity index (χ4v) is 3.56. The number of ether oxygens (including phenoxy) is 1. The molecule has 1 N–H and O–H groups in total. The summed E-state index contributed by atoms with van der Waals surface area (Å²) in [5.74, 6) is -0.400.